The minimum atomic E-state index is 0.0100. The van der Waals surface area contributed by atoms with Gasteiger partial charge in [0.25, 0.3) is 0 Å². The van der Waals surface area contributed by atoms with Crippen LogP contribution in [0.1, 0.15) is 31.0 Å². The summed E-state index contributed by atoms with van der Waals surface area (Å²) in [5, 5.41) is 6.80. The Hall–Kier alpha value is -2.93. The van der Waals surface area contributed by atoms with Crippen LogP contribution in [0.3, 0.4) is 0 Å². The molecule has 1 aliphatic rings. The van der Waals surface area contributed by atoms with Crippen molar-refractivity contribution in [2.24, 2.45) is 4.99 Å². The number of carbonyl (C=O) groups excluding carboxylic acids is 1. The monoisotopic (exact) mass is 436 g/mol. The molecule has 1 amide bonds. The number of carbonyl (C=O) groups is 1. The predicted octanol–water partition coefficient (Wildman–Crippen LogP) is 2.30. The highest BCUT2D eigenvalue weighted by Gasteiger charge is 2.20. The second-order valence-corrected chi connectivity index (χ2v) is 8.26. The maximum Gasteiger partial charge on any atom is 0.244 e. The average Bonchev–Trinajstić information content (AvgIpc) is 2.83. The Balaban J connectivity index is 1.42. The smallest absolute Gasteiger partial charge is 0.244 e. The van der Waals surface area contributed by atoms with Gasteiger partial charge in [-0.05, 0) is 37.5 Å². The number of hydrogen-bond acceptors (Lipinski definition) is 4. The van der Waals surface area contributed by atoms with Crippen LogP contribution in [0.5, 0.6) is 0 Å². The first-order valence-corrected chi connectivity index (χ1v) is 11.6. The van der Waals surface area contributed by atoms with Crippen LogP contribution in [0, 0.1) is 0 Å². The van der Waals surface area contributed by atoms with E-state index in [4.69, 9.17) is 0 Å². The van der Waals surface area contributed by atoms with Gasteiger partial charge in [-0.3, -0.25) is 14.7 Å². The number of guanidine groups is 1. The highest BCUT2D eigenvalue weighted by atomic mass is 16.2. The minimum Gasteiger partial charge on any atom is -0.357 e. The van der Waals surface area contributed by atoms with E-state index in [0.29, 0.717) is 12.6 Å². The number of benzene rings is 1. The lowest BCUT2D eigenvalue weighted by molar-refractivity contribution is -0.128. The highest BCUT2D eigenvalue weighted by Crippen LogP contribution is 2.13. The first kappa shape index (κ1) is 23.7. The Labute approximate surface area is 191 Å². The van der Waals surface area contributed by atoms with E-state index in [-0.39, 0.29) is 12.5 Å². The van der Waals surface area contributed by atoms with Gasteiger partial charge in [-0.25, -0.2) is 4.99 Å². The largest absolute Gasteiger partial charge is 0.357 e. The topological polar surface area (TPSA) is 72.9 Å². The molecule has 7 nitrogen and oxygen atoms in total. The summed E-state index contributed by atoms with van der Waals surface area (Å²) < 4.78 is 0. The van der Waals surface area contributed by atoms with E-state index in [1.165, 1.54) is 5.56 Å². The molecule has 3 rings (SSSR count). The SMILES string of the molecule is CCNC(=NCC(=O)N(C)CCc1ccccn1)NC1CCN(Cc2ccccc2)CC1. The van der Waals surface area contributed by atoms with Crippen molar-refractivity contribution in [2.45, 2.75) is 38.8 Å². The number of pyridine rings is 1. The Bertz CT molecular complexity index is 834. The number of likely N-dealkylation sites (N-methyl/N-ethyl adjacent to an activating group) is 1. The van der Waals surface area contributed by atoms with Crippen molar-refractivity contribution in [2.75, 3.05) is 39.8 Å². The average molecular weight is 437 g/mol. The van der Waals surface area contributed by atoms with Gasteiger partial charge in [0.15, 0.2) is 5.96 Å². The Morgan fingerprint density at radius 1 is 1.16 bits per heavy atom. The fourth-order valence-corrected chi connectivity index (χ4v) is 3.81. The molecule has 1 fully saturated rings. The van der Waals surface area contributed by atoms with Crippen LogP contribution < -0.4 is 10.6 Å². The summed E-state index contributed by atoms with van der Waals surface area (Å²) in [4.78, 5) is 25.6. The van der Waals surface area contributed by atoms with Crippen LogP contribution >= 0.6 is 0 Å². The van der Waals surface area contributed by atoms with Crippen molar-refractivity contribution in [3.8, 4) is 0 Å². The zero-order valence-electron chi connectivity index (χ0n) is 19.3. The molecule has 2 N–H and O–H groups in total. The molecule has 1 aliphatic heterocycles. The zero-order valence-corrected chi connectivity index (χ0v) is 19.3. The maximum atomic E-state index is 12.5. The number of hydrogen-bond donors (Lipinski definition) is 2. The molecule has 2 heterocycles. The van der Waals surface area contributed by atoms with Gasteiger partial charge in [-0.15, -0.1) is 0 Å². The number of nitrogens with one attached hydrogen (secondary N) is 2. The summed E-state index contributed by atoms with van der Waals surface area (Å²) in [7, 11) is 1.82. The van der Waals surface area contributed by atoms with Crippen LogP contribution in [0.15, 0.2) is 59.7 Å². The second kappa shape index (κ2) is 12.8. The molecular weight excluding hydrogens is 400 g/mol. The number of piperidine rings is 1. The number of amides is 1. The highest BCUT2D eigenvalue weighted by molar-refractivity contribution is 5.85. The lowest BCUT2D eigenvalue weighted by atomic mass is 10.0. The molecule has 0 atom stereocenters. The first-order chi connectivity index (χ1) is 15.6. The summed E-state index contributed by atoms with van der Waals surface area (Å²) in [6, 6.07) is 16.8. The first-order valence-electron chi connectivity index (χ1n) is 11.6. The molecule has 7 heteroatoms. The van der Waals surface area contributed by atoms with Crippen molar-refractivity contribution in [1.82, 2.24) is 25.4 Å². The van der Waals surface area contributed by atoms with Crippen LogP contribution in [0.25, 0.3) is 0 Å². The van der Waals surface area contributed by atoms with Crippen molar-refractivity contribution in [3.05, 3.63) is 66.0 Å². The van der Waals surface area contributed by atoms with Crippen LogP contribution in [0.2, 0.25) is 0 Å². The number of aromatic nitrogens is 1. The van der Waals surface area contributed by atoms with Crippen molar-refractivity contribution < 1.29 is 4.79 Å². The summed E-state index contributed by atoms with van der Waals surface area (Å²) in [6.45, 7) is 6.70. The molecule has 172 valence electrons. The lowest BCUT2D eigenvalue weighted by Crippen LogP contribution is -2.48. The van der Waals surface area contributed by atoms with Crippen molar-refractivity contribution in [3.63, 3.8) is 0 Å². The molecule has 0 radical (unpaired) electrons. The molecule has 0 unspecified atom stereocenters. The number of nitrogens with zero attached hydrogens (tertiary/aromatic N) is 4. The summed E-state index contributed by atoms with van der Waals surface area (Å²) in [5.74, 6) is 0.733. The van der Waals surface area contributed by atoms with Crippen LogP contribution in [-0.2, 0) is 17.8 Å². The van der Waals surface area contributed by atoms with Gasteiger partial charge in [-0.1, -0.05) is 36.4 Å². The molecule has 2 aromatic rings. The summed E-state index contributed by atoms with van der Waals surface area (Å²) in [6.07, 6.45) is 4.65. The normalized spacial score (nSPS) is 15.4. The molecule has 1 aromatic heterocycles. The van der Waals surface area contributed by atoms with E-state index in [0.717, 1.165) is 57.1 Å². The lowest BCUT2D eigenvalue weighted by Gasteiger charge is -2.33. The quantitative estimate of drug-likeness (QED) is 0.466. The molecule has 1 aromatic carbocycles. The van der Waals surface area contributed by atoms with E-state index < -0.39 is 0 Å². The summed E-state index contributed by atoms with van der Waals surface area (Å²) in [5.41, 5.74) is 2.35. The predicted molar refractivity (Wildman–Crippen MR) is 129 cm³/mol. The number of aliphatic imine (C=N–C) groups is 1. The van der Waals surface area contributed by atoms with Gasteiger partial charge in [0.1, 0.15) is 6.54 Å². The van der Waals surface area contributed by atoms with Crippen LogP contribution in [0.4, 0.5) is 0 Å². The molecule has 0 bridgehead atoms. The fraction of sp³-hybridized carbons (Fsp3) is 0.480. The van der Waals surface area contributed by atoms with E-state index in [9.17, 15) is 4.79 Å². The Morgan fingerprint density at radius 3 is 2.59 bits per heavy atom. The van der Waals surface area contributed by atoms with Crippen LogP contribution in [-0.4, -0.2) is 72.5 Å². The molecule has 32 heavy (non-hydrogen) atoms. The van der Waals surface area contributed by atoms with Crippen molar-refractivity contribution in [1.29, 1.82) is 0 Å². The van der Waals surface area contributed by atoms with Gasteiger partial charge in [-0.2, -0.15) is 0 Å². The Morgan fingerprint density at radius 2 is 1.91 bits per heavy atom. The fourth-order valence-electron chi connectivity index (χ4n) is 3.81. The second-order valence-electron chi connectivity index (χ2n) is 8.26. The van der Waals surface area contributed by atoms with E-state index in [2.05, 4.69) is 55.8 Å². The third-order valence-electron chi connectivity index (χ3n) is 5.75. The van der Waals surface area contributed by atoms with Gasteiger partial charge in [0, 0.05) is 64.1 Å². The Kier molecular flexibility index (Phi) is 9.50. The molecule has 0 saturated carbocycles. The van der Waals surface area contributed by atoms with E-state index in [1.54, 1.807) is 11.1 Å². The molecule has 0 aliphatic carbocycles. The molecule has 1 saturated heterocycles. The van der Waals surface area contributed by atoms with Crippen molar-refractivity contribution >= 4 is 11.9 Å². The summed E-state index contributed by atoms with van der Waals surface area (Å²) >= 11 is 0. The standard InChI is InChI=1S/C25H36N6O/c1-3-26-25(28-19-24(32)30(2)16-12-22-11-7-8-15-27-22)29-23-13-17-31(18-14-23)20-21-9-5-4-6-10-21/h4-11,15,23H,3,12-14,16-20H2,1-2H3,(H2,26,28,29). The molecular formula is C25H36N6O. The van der Waals surface area contributed by atoms with E-state index in [1.807, 2.05) is 32.2 Å². The number of rotatable bonds is 9. The van der Waals surface area contributed by atoms with Gasteiger partial charge in [0.2, 0.25) is 5.91 Å². The zero-order chi connectivity index (χ0) is 22.6. The maximum absolute atomic E-state index is 12.5. The van der Waals surface area contributed by atoms with Gasteiger partial charge in [0.05, 0.1) is 0 Å². The van der Waals surface area contributed by atoms with E-state index >= 15 is 0 Å². The number of likely N-dealkylation sites (tertiary alicyclic amines) is 1. The third kappa shape index (κ3) is 7.96. The van der Waals surface area contributed by atoms with Gasteiger partial charge < -0.3 is 15.5 Å². The molecule has 0 spiro atoms. The van der Waals surface area contributed by atoms with Gasteiger partial charge >= 0.3 is 0 Å². The third-order valence-corrected chi connectivity index (χ3v) is 5.75. The minimum absolute atomic E-state index is 0.0100.